The molecule has 2 aromatic carbocycles. The van der Waals surface area contributed by atoms with Gasteiger partial charge in [0.15, 0.2) is 0 Å². The molecule has 0 aliphatic heterocycles. The van der Waals surface area contributed by atoms with E-state index in [9.17, 15) is 13.2 Å². The number of sulfonamides is 1. The quantitative estimate of drug-likeness (QED) is 0.786. The predicted molar refractivity (Wildman–Crippen MR) is 106 cm³/mol. The Kier molecular flexibility index (Phi) is 6.38. The van der Waals surface area contributed by atoms with Crippen LogP contribution >= 0.6 is 11.6 Å². The van der Waals surface area contributed by atoms with Crippen molar-refractivity contribution in [2.24, 2.45) is 0 Å². The van der Waals surface area contributed by atoms with Crippen molar-refractivity contribution in [2.45, 2.75) is 37.8 Å². The summed E-state index contributed by atoms with van der Waals surface area (Å²) in [5, 5.41) is 0.452. The Labute approximate surface area is 165 Å². The van der Waals surface area contributed by atoms with E-state index in [2.05, 4.69) is 4.72 Å². The largest absolute Gasteiger partial charge is 0.444 e. The number of hydrogen-bond donors (Lipinski definition) is 1. The van der Waals surface area contributed by atoms with Crippen LogP contribution in [0.15, 0.2) is 53.4 Å². The minimum Gasteiger partial charge on any atom is -0.444 e. The van der Waals surface area contributed by atoms with Crippen molar-refractivity contribution in [3.63, 3.8) is 0 Å². The number of benzene rings is 2. The topological polar surface area (TPSA) is 75.7 Å². The zero-order chi connectivity index (χ0) is 20.2. The zero-order valence-corrected chi connectivity index (χ0v) is 17.3. The Balaban J connectivity index is 2.20. The SMILES string of the molecule is CN(Cc1ccccc1NS(=O)(=O)c1ccc(Cl)cc1)C(=O)OC(C)(C)C. The third-order valence-electron chi connectivity index (χ3n) is 3.50. The van der Waals surface area contributed by atoms with E-state index in [-0.39, 0.29) is 11.4 Å². The van der Waals surface area contributed by atoms with Crippen LogP contribution in [-0.2, 0) is 21.3 Å². The van der Waals surface area contributed by atoms with Gasteiger partial charge in [-0.25, -0.2) is 13.2 Å². The van der Waals surface area contributed by atoms with Crippen LogP contribution in [0.25, 0.3) is 0 Å². The summed E-state index contributed by atoms with van der Waals surface area (Å²) >= 11 is 5.82. The first-order valence-corrected chi connectivity index (χ1v) is 10.1. The second-order valence-corrected chi connectivity index (χ2v) is 9.17. The van der Waals surface area contributed by atoms with Gasteiger partial charge in [-0.15, -0.1) is 0 Å². The average Bonchev–Trinajstić information content (AvgIpc) is 2.55. The molecule has 1 N–H and O–H groups in total. The monoisotopic (exact) mass is 410 g/mol. The highest BCUT2D eigenvalue weighted by Crippen LogP contribution is 2.23. The first-order chi connectivity index (χ1) is 12.5. The van der Waals surface area contributed by atoms with Crippen molar-refractivity contribution in [1.29, 1.82) is 0 Å². The highest BCUT2D eigenvalue weighted by molar-refractivity contribution is 7.92. The fourth-order valence-electron chi connectivity index (χ4n) is 2.24. The predicted octanol–water partition coefficient (Wildman–Crippen LogP) is 4.51. The smallest absolute Gasteiger partial charge is 0.410 e. The third kappa shape index (κ3) is 6.15. The van der Waals surface area contributed by atoms with E-state index in [1.54, 1.807) is 52.1 Å². The molecule has 2 rings (SSSR count). The molecule has 0 fully saturated rings. The van der Waals surface area contributed by atoms with Crippen molar-refractivity contribution < 1.29 is 17.9 Å². The molecular formula is C19H23ClN2O4S. The van der Waals surface area contributed by atoms with Crippen LogP contribution in [0, 0.1) is 0 Å². The summed E-state index contributed by atoms with van der Waals surface area (Å²) in [4.78, 5) is 13.7. The molecular weight excluding hydrogens is 388 g/mol. The van der Waals surface area contributed by atoms with Gasteiger partial charge in [-0.1, -0.05) is 29.8 Å². The number of ether oxygens (including phenoxy) is 1. The maximum absolute atomic E-state index is 12.6. The Morgan fingerprint density at radius 1 is 1.11 bits per heavy atom. The van der Waals surface area contributed by atoms with Gasteiger partial charge in [-0.2, -0.15) is 0 Å². The van der Waals surface area contributed by atoms with Gasteiger partial charge in [0.2, 0.25) is 0 Å². The number of nitrogens with one attached hydrogen (secondary N) is 1. The summed E-state index contributed by atoms with van der Waals surface area (Å²) in [5.41, 5.74) is 0.423. The van der Waals surface area contributed by atoms with Crippen LogP contribution in [0.3, 0.4) is 0 Å². The molecule has 0 aliphatic rings. The second-order valence-electron chi connectivity index (χ2n) is 7.05. The van der Waals surface area contributed by atoms with Crippen LogP contribution in [0.4, 0.5) is 10.5 Å². The normalized spacial score (nSPS) is 11.7. The second kappa shape index (κ2) is 8.19. The molecule has 0 spiro atoms. The van der Waals surface area contributed by atoms with Crippen LogP contribution in [0.2, 0.25) is 5.02 Å². The number of hydrogen-bond acceptors (Lipinski definition) is 4. The number of nitrogens with zero attached hydrogens (tertiary/aromatic N) is 1. The van der Waals surface area contributed by atoms with E-state index in [1.165, 1.54) is 29.2 Å². The lowest BCUT2D eigenvalue weighted by Crippen LogP contribution is -2.34. The number of carbonyl (C=O) groups is 1. The van der Waals surface area contributed by atoms with Crippen molar-refractivity contribution in [2.75, 3.05) is 11.8 Å². The zero-order valence-electron chi connectivity index (χ0n) is 15.7. The molecule has 0 saturated carbocycles. The number of para-hydroxylation sites is 1. The Morgan fingerprint density at radius 2 is 1.70 bits per heavy atom. The minimum atomic E-state index is -3.78. The van der Waals surface area contributed by atoms with Crippen molar-refractivity contribution in [3.8, 4) is 0 Å². The molecule has 0 bridgehead atoms. The Bertz CT molecular complexity index is 906. The molecule has 27 heavy (non-hydrogen) atoms. The van der Waals surface area contributed by atoms with E-state index in [0.29, 0.717) is 16.3 Å². The molecule has 8 heteroatoms. The van der Waals surface area contributed by atoms with Gasteiger partial charge >= 0.3 is 6.09 Å². The summed E-state index contributed by atoms with van der Waals surface area (Å²) in [6.07, 6.45) is -0.488. The maximum atomic E-state index is 12.6. The van der Waals surface area contributed by atoms with Gasteiger partial charge < -0.3 is 9.64 Å². The molecule has 1 amide bonds. The van der Waals surface area contributed by atoms with Crippen molar-refractivity contribution in [3.05, 3.63) is 59.1 Å². The molecule has 0 atom stereocenters. The molecule has 0 heterocycles. The number of anilines is 1. The summed E-state index contributed by atoms with van der Waals surface area (Å²) < 4.78 is 33.1. The van der Waals surface area contributed by atoms with E-state index in [1.807, 2.05) is 0 Å². The Hall–Kier alpha value is -2.25. The average molecular weight is 411 g/mol. The van der Waals surface area contributed by atoms with Gasteiger partial charge in [-0.3, -0.25) is 4.72 Å². The minimum absolute atomic E-state index is 0.0993. The summed E-state index contributed by atoms with van der Waals surface area (Å²) in [7, 11) is -2.18. The number of halogens is 1. The first-order valence-electron chi connectivity index (χ1n) is 8.28. The van der Waals surface area contributed by atoms with E-state index in [4.69, 9.17) is 16.3 Å². The Morgan fingerprint density at radius 3 is 2.30 bits per heavy atom. The summed E-state index contributed by atoms with van der Waals surface area (Å²) in [6.45, 7) is 5.54. The fraction of sp³-hybridized carbons (Fsp3) is 0.316. The molecule has 0 aromatic heterocycles. The molecule has 0 unspecified atom stereocenters. The van der Waals surface area contributed by atoms with Gasteiger partial charge in [-0.05, 0) is 56.7 Å². The lowest BCUT2D eigenvalue weighted by Gasteiger charge is -2.25. The van der Waals surface area contributed by atoms with Crippen LogP contribution in [0.1, 0.15) is 26.3 Å². The van der Waals surface area contributed by atoms with E-state index < -0.39 is 21.7 Å². The van der Waals surface area contributed by atoms with Crippen molar-refractivity contribution >= 4 is 33.4 Å². The first kappa shape index (κ1) is 21.1. The lowest BCUT2D eigenvalue weighted by molar-refractivity contribution is 0.0285. The van der Waals surface area contributed by atoms with Gasteiger partial charge in [0, 0.05) is 12.1 Å². The molecule has 2 aromatic rings. The van der Waals surface area contributed by atoms with Gasteiger partial charge in [0.1, 0.15) is 5.60 Å². The fourth-order valence-corrected chi connectivity index (χ4v) is 3.46. The highest BCUT2D eigenvalue weighted by atomic mass is 35.5. The number of amides is 1. The van der Waals surface area contributed by atoms with Crippen LogP contribution in [0.5, 0.6) is 0 Å². The number of carbonyl (C=O) groups excluding carboxylic acids is 1. The third-order valence-corrected chi connectivity index (χ3v) is 5.13. The summed E-state index contributed by atoms with van der Waals surface area (Å²) in [6, 6.07) is 12.8. The standard InChI is InChI=1S/C19H23ClN2O4S/c1-19(2,3)26-18(23)22(4)13-14-7-5-6-8-17(14)21-27(24,25)16-11-9-15(20)10-12-16/h5-12,21H,13H2,1-4H3. The van der Waals surface area contributed by atoms with Gasteiger partial charge in [0.25, 0.3) is 10.0 Å². The highest BCUT2D eigenvalue weighted by Gasteiger charge is 2.21. The van der Waals surface area contributed by atoms with Crippen LogP contribution in [-0.4, -0.2) is 32.1 Å². The van der Waals surface area contributed by atoms with E-state index in [0.717, 1.165) is 0 Å². The maximum Gasteiger partial charge on any atom is 0.410 e. The number of rotatable bonds is 5. The molecule has 0 saturated heterocycles. The van der Waals surface area contributed by atoms with E-state index >= 15 is 0 Å². The molecule has 0 aliphatic carbocycles. The van der Waals surface area contributed by atoms with Crippen LogP contribution < -0.4 is 4.72 Å². The van der Waals surface area contributed by atoms with Crippen molar-refractivity contribution in [1.82, 2.24) is 4.90 Å². The molecule has 146 valence electrons. The molecule has 6 nitrogen and oxygen atoms in total. The lowest BCUT2D eigenvalue weighted by atomic mass is 10.2. The molecule has 0 radical (unpaired) electrons. The van der Waals surface area contributed by atoms with Gasteiger partial charge in [0.05, 0.1) is 17.1 Å². The summed E-state index contributed by atoms with van der Waals surface area (Å²) in [5.74, 6) is 0.